The lowest BCUT2D eigenvalue weighted by Gasteiger charge is -2.38. The molecule has 1 N–H and O–H groups in total. The maximum Gasteiger partial charge on any atom is 0.249 e. The third-order valence-electron chi connectivity index (χ3n) is 5.98. The zero-order valence-corrected chi connectivity index (χ0v) is 17.7. The van der Waals surface area contributed by atoms with E-state index in [1.165, 1.54) is 0 Å². The Morgan fingerprint density at radius 1 is 1.16 bits per heavy atom. The van der Waals surface area contributed by atoms with Crippen LogP contribution in [0.4, 0.5) is 30.6 Å². The van der Waals surface area contributed by atoms with E-state index in [0.717, 1.165) is 12.1 Å². The summed E-state index contributed by atoms with van der Waals surface area (Å²) >= 11 is 0. The number of hydrogen-bond donors (Lipinski definition) is 1. The Bertz CT molecular complexity index is 1010. The number of rotatable bonds is 5. The fourth-order valence-corrected chi connectivity index (χ4v) is 3.97. The molecular formula is C21H24F3N5O2. The van der Waals surface area contributed by atoms with E-state index >= 15 is 0 Å². The predicted octanol–water partition coefficient (Wildman–Crippen LogP) is 3.27. The van der Waals surface area contributed by atoms with E-state index in [1.807, 2.05) is 25.8 Å². The van der Waals surface area contributed by atoms with Crippen molar-refractivity contribution in [1.29, 1.82) is 0 Å². The first-order chi connectivity index (χ1) is 14.7. The summed E-state index contributed by atoms with van der Waals surface area (Å²) in [5.41, 5.74) is 1.41. The van der Waals surface area contributed by atoms with Crippen LogP contribution < -0.4 is 19.9 Å². The fraction of sp³-hybridized carbons (Fsp3) is 0.476. The number of fused-ring (bicyclic) bond motifs is 1. The molecule has 1 aromatic heterocycles. The molecule has 1 saturated carbocycles. The van der Waals surface area contributed by atoms with Crippen molar-refractivity contribution in [2.45, 2.75) is 38.8 Å². The molecule has 1 aliphatic heterocycles. The second-order valence-corrected chi connectivity index (χ2v) is 8.15. The minimum atomic E-state index is -1.50. The Morgan fingerprint density at radius 3 is 2.45 bits per heavy atom. The second-order valence-electron chi connectivity index (χ2n) is 8.15. The lowest BCUT2D eigenvalue weighted by Crippen LogP contribution is -2.50. The first kappa shape index (κ1) is 21.2. The number of amides is 1. The molecule has 1 fully saturated rings. The van der Waals surface area contributed by atoms with Crippen molar-refractivity contribution in [1.82, 2.24) is 9.97 Å². The number of carbonyl (C=O) groups is 1. The molecule has 166 valence electrons. The topological polar surface area (TPSA) is 70.6 Å². The highest BCUT2D eigenvalue weighted by Gasteiger charge is 2.35. The number of benzene rings is 1. The number of aromatic nitrogens is 2. The third-order valence-corrected chi connectivity index (χ3v) is 5.98. The van der Waals surface area contributed by atoms with Gasteiger partial charge in [0.1, 0.15) is 17.5 Å². The first-order valence-electron chi connectivity index (χ1n) is 10.1. The maximum absolute atomic E-state index is 13.3. The average molecular weight is 435 g/mol. The molecule has 0 bridgehead atoms. The van der Waals surface area contributed by atoms with Crippen LogP contribution in [0.1, 0.15) is 25.5 Å². The van der Waals surface area contributed by atoms with Gasteiger partial charge in [0.15, 0.2) is 23.3 Å². The monoisotopic (exact) mass is 435 g/mol. The smallest absolute Gasteiger partial charge is 0.249 e. The van der Waals surface area contributed by atoms with E-state index in [2.05, 4.69) is 15.3 Å². The molecule has 0 unspecified atom stereocenters. The quantitative estimate of drug-likeness (QED) is 0.727. The van der Waals surface area contributed by atoms with Crippen LogP contribution in [0.25, 0.3) is 0 Å². The maximum atomic E-state index is 13.3. The Labute approximate surface area is 178 Å². The highest BCUT2D eigenvalue weighted by Crippen LogP contribution is 2.36. The van der Waals surface area contributed by atoms with Gasteiger partial charge in [0.25, 0.3) is 0 Å². The van der Waals surface area contributed by atoms with Crippen LogP contribution in [0.3, 0.4) is 0 Å². The van der Waals surface area contributed by atoms with Gasteiger partial charge in [-0.15, -0.1) is 0 Å². The fourth-order valence-electron chi connectivity index (χ4n) is 3.97. The number of hydrogen-bond acceptors (Lipinski definition) is 6. The summed E-state index contributed by atoms with van der Waals surface area (Å²) in [7, 11) is 3.56. The Kier molecular flexibility index (Phi) is 5.40. The van der Waals surface area contributed by atoms with Gasteiger partial charge in [0, 0.05) is 32.8 Å². The SMILES string of the molecule is Cc1nc(NC[C@H]2C[C@H](Oc3cc(F)c(F)c(F)c3)C2)nc2c1N(C)C(=O)[C@H](C)N2C. The standard InChI is InChI=1S/C21H24F3N5O2/c1-10-18-19(28(3)11(2)20(30)29(18)4)27-21(26-10)25-9-12-5-13(6-12)31-14-7-15(22)17(24)16(23)8-14/h7-8,11-13H,5-6,9H2,1-4H3,(H,25,26,27)/t11-,12-,13-/m0/s1. The lowest BCUT2D eigenvalue weighted by atomic mass is 9.82. The highest BCUT2D eigenvalue weighted by atomic mass is 19.2. The van der Waals surface area contributed by atoms with Gasteiger partial charge in [-0.3, -0.25) is 4.79 Å². The number of carbonyl (C=O) groups excluding carboxylic acids is 1. The number of likely N-dealkylation sites (N-methyl/N-ethyl adjacent to an activating group) is 2. The van der Waals surface area contributed by atoms with Crippen molar-refractivity contribution in [3.63, 3.8) is 0 Å². The summed E-state index contributed by atoms with van der Waals surface area (Å²) in [4.78, 5) is 24.9. The van der Waals surface area contributed by atoms with Crippen molar-refractivity contribution >= 4 is 23.4 Å². The minimum absolute atomic E-state index is 0.0103. The van der Waals surface area contributed by atoms with E-state index in [4.69, 9.17) is 4.74 Å². The molecule has 1 atom stereocenters. The normalized spacial score (nSPS) is 22.8. The summed E-state index contributed by atoms with van der Waals surface area (Å²) in [6, 6.07) is 1.39. The lowest BCUT2D eigenvalue weighted by molar-refractivity contribution is -0.119. The molecule has 1 aromatic carbocycles. The van der Waals surface area contributed by atoms with E-state index in [0.29, 0.717) is 42.5 Å². The molecule has 2 heterocycles. The largest absolute Gasteiger partial charge is 0.490 e. The number of anilines is 3. The van der Waals surface area contributed by atoms with E-state index in [1.54, 1.807) is 11.9 Å². The predicted molar refractivity (Wildman–Crippen MR) is 110 cm³/mol. The number of ether oxygens (including phenoxy) is 1. The van der Waals surface area contributed by atoms with Gasteiger partial charge in [-0.25, -0.2) is 18.2 Å². The van der Waals surface area contributed by atoms with Gasteiger partial charge in [0.2, 0.25) is 11.9 Å². The van der Waals surface area contributed by atoms with Crippen LogP contribution in [0.5, 0.6) is 5.75 Å². The van der Waals surface area contributed by atoms with Crippen LogP contribution in [0.2, 0.25) is 0 Å². The van der Waals surface area contributed by atoms with Gasteiger partial charge in [-0.1, -0.05) is 0 Å². The molecule has 31 heavy (non-hydrogen) atoms. The summed E-state index contributed by atoms with van der Waals surface area (Å²) in [5.74, 6) is -2.61. The molecular weight excluding hydrogens is 411 g/mol. The molecule has 1 aliphatic carbocycles. The van der Waals surface area contributed by atoms with Crippen molar-refractivity contribution in [3.8, 4) is 5.75 Å². The minimum Gasteiger partial charge on any atom is -0.490 e. The summed E-state index contributed by atoms with van der Waals surface area (Å²) in [6.45, 7) is 4.28. The van der Waals surface area contributed by atoms with Crippen LogP contribution in [0.15, 0.2) is 12.1 Å². The van der Waals surface area contributed by atoms with E-state index in [-0.39, 0.29) is 29.7 Å². The number of aryl methyl sites for hydroxylation is 1. The first-order valence-corrected chi connectivity index (χ1v) is 10.1. The molecule has 2 aromatic rings. The van der Waals surface area contributed by atoms with Crippen LogP contribution in [0, 0.1) is 30.3 Å². The van der Waals surface area contributed by atoms with Gasteiger partial charge >= 0.3 is 0 Å². The molecule has 0 radical (unpaired) electrons. The van der Waals surface area contributed by atoms with Gasteiger partial charge in [-0.05, 0) is 32.6 Å². The van der Waals surface area contributed by atoms with Crippen LogP contribution in [-0.4, -0.2) is 48.7 Å². The number of nitrogens with zero attached hydrogens (tertiary/aromatic N) is 4. The zero-order valence-electron chi connectivity index (χ0n) is 17.7. The summed E-state index contributed by atoms with van der Waals surface area (Å²) in [6.07, 6.45) is 1.19. The van der Waals surface area contributed by atoms with E-state index in [9.17, 15) is 18.0 Å². The van der Waals surface area contributed by atoms with Gasteiger partial charge < -0.3 is 19.9 Å². The number of halogens is 3. The molecule has 4 rings (SSSR count). The second kappa shape index (κ2) is 7.90. The van der Waals surface area contributed by atoms with Gasteiger partial charge in [-0.2, -0.15) is 4.98 Å². The highest BCUT2D eigenvalue weighted by molar-refractivity contribution is 6.04. The van der Waals surface area contributed by atoms with Crippen LogP contribution in [-0.2, 0) is 4.79 Å². The molecule has 0 spiro atoms. The zero-order chi connectivity index (χ0) is 22.4. The molecule has 2 aliphatic rings. The van der Waals surface area contributed by atoms with Crippen molar-refractivity contribution < 1.29 is 22.7 Å². The summed E-state index contributed by atoms with van der Waals surface area (Å²) in [5, 5.41) is 3.23. The Hall–Kier alpha value is -3.04. The molecule has 0 saturated heterocycles. The van der Waals surface area contributed by atoms with E-state index < -0.39 is 17.5 Å². The third kappa shape index (κ3) is 3.86. The molecule has 7 nitrogen and oxygen atoms in total. The van der Waals surface area contributed by atoms with Crippen molar-refractivity contribution in [2.75, 3.05) is 35.8 Å². The van der Waals surface area contributed by atoms with Crippen molar-refractivity contribution in [2.24, 2.45) is 5.92 Å². The van der Waals surface area contributed by atoms with Crippen LogP contribution >= 0.6 is 0 Å². The Balaban J connectivity index is 1.35. The Morgan fingerprint density at radius 2 is 1.81 bits per heavy atom. The summed E-state index contributed by atoms with van der Waals surface area (Å²) < 4.78 is 45.2. The molecule has 1 amide bonds. The van der Waals surface area contributed by atoms with Crippen molar-refractivity contribution in [3.05, 3.63) is 35.3 Å². The van der Waals surface area contributed by atoms with Gasteiger partial charge in [0.05, 0.1) is 11.8 Å². The average Bonchev–Trinajstić information content (AvgIpc) is 2.69. The molecule has 10 heteroatoms. The number of nitrogens with one attached hydrogen (secondary N) is 1.